The van der Waals surface area contributed by atoms with Gasteiger partial charge in [-0.05, 0) is 18.2 Å². The van der Waals surface area contributed by atoms with Crippen LogP contribution in [0.3, 0.4) is 0 Å². The Morgan fingerprint density at radius 2 is 1.88 bits per heavy atom. The van der Waals surface area contributed by atoms with E-state index < -0.39 is 33.0 Å². The minimum Gasteiger partial charge on any atom is -0.299 e. The molecule has 0 heterocycles. The molecule has 0 aliphatic carbocycles. The van der Waals surface area contributed by atoms with Gasteiger partial charge in [0.05, 0.1) is 4.90 Å². The number of Topliss-reactive ketones (excluding diaryl/α,β-unsaturated/α-hetero) is 1. The van der Waals surface area contributed by atoms with Crippen LogP contribution in [0.5, 0.6) is 0 Å². The van der Waals surface area contributed by atoms with Crippen LogP contribution in [0.25, 0.3) is 0 Å². The van der Waals surface area contributed by atoms with Crippen LogP contribution in [0.1, 0.15) is 13.3 Å². The molecule has 0 aromatic heterocycles. The molecular formula is C10H10F2O3S. The van der Waals surface area contributed by atoms with Gasteiger partial charge in [0.2, 0.25) is 0 Å². The van der Waals surface area contributed by atoms with Crippen LogP contribution in [0.15, 0.2) is 23.1 Å². The Labute approximate surface area is 92.0 Å². The fourth-order valence-corrected chi connectivity index (χ4v) is 2.42. The van der Waals surface area contributed by atoms with Crippen molar-refractivity contribution in [2.45, 2.75) is 18.2 Å². The molecule has 6 heteroatoms. The number of sulfone groups is 1. The van der Waals surface area contributed by atoms with Gasteiger partial charge in [-0.1, -0.05) is 6.92 Å². The highest BCUT2D eigenvalue weighted by Gasteiger charge is 2.19. The van der Waals surface area contributed by atoms with E-state index in [2.05, 4.69) is 0 Å². The van der Waals surface area contributed by atoms with Crippen LogP contribution in [-0.4, -0.2) is 20.0 Å². The molecule has 0 radical (unpaired) electrons. The highest BCUT2D eigenvalue weighted by molar-refractivity contribution is 7.92. The molecular weight excluding hydrogens is 238 g/mol. The lowest BCUT2D eigenvalue weighted by Crippen LogP contribution is -2.15. The van der Waals surface area contributed by atoms with Crippen LogP contribution in [0, 0.1) is 11.6 Å². The van der Waals surface area contributed by atoms with Gasteiger partial charge in [-0.3, -0.25) is 4.79 Å². The zero-order valence-corrected chi connectivity index (χ0v) is 9.35. The summed E-state index contributed by atoms with van der Waals surface area (Å²) in [6, 6.07) is 2.24. The maximum atomic E-state index is 12.8. The van der Waals surface area contributed by atoms with E-state index in [-0.39, 0.29) is 11.3 Å². The van der Waals surface area contributed by atoms with E-state index >= 15 is 0 Å². The van der Waals surface area contributed by atoms with Crippen molar-refractivity contribution in [2.24, 2.45) is 0 Å². The minimum absolute atomic E-state index is 0.0862. The second-order valence-electron chi connectivity index (χ2n) is 3.23. The third-order valence-corrected chi connectivity index (χ3v) is 3.67. The number of ketones is 1. The Kier molecular flexibility index (Phi) is 3.74. The Bertz CT molecular complexity index is 509. The van der Waals surface area contributed by atoms with Gasteiger partial charge in [-0.25, -0.2) is 17.2 Å². The molecule has 88 valence electrons. The quantitative estimate of drug-likeness (QED) is 0.762. The molecule has 1 aromatic rings. The fourth-order valence-electron chi connectivity index (χ4n) is 1.07. The lowest BCUT2D eigenvalue weighted by Gasteiger charge is -2.03. The van der Waals surface area contributed by atoms with Crippen LogP contribution < -0.4 is 0 Å². The number of rotatable bonds is 4. The van der Waals surface area contributed by atoms with E-state index in [4.69, 9.17) is 0 Å². The van der Waals surface area contributed by atoms with Crippen molar-refractivity contribution in [2.75, 3.05) is 5.75 Å². The summed E-state index contributed by atoms with van der Waals surface area (Å²) in [7, 11) is -3.87. The second-order valence-corrected chi connectivity index (χ2v) is 5.22. The molecule has 0 bridgehead atoms. The van der Waals surface area contributed by atoms with E-state index in [1.54, 1.807) is 0 Å². The maximum absolute atomic E-state index is 12.8. The molecule has 0 spiro atoms. The van der Waals surface area contributed by atoms with Crippen LogP contribution in [0.4, 0.5) is 8.78 Å². The molecule has 0 N–H and O–H groups in total. The standard InChI is InChI=1S/C10H10F2O3S/c1-2-7(13)6-16(14,15)8-3-4-9(11)10(12)5-8/h3-5H,2,6H2,1H3. The number of hydrogen-bond acceptors (Lipinski definition) is 3. The first-order valence-corrected chi connectivity index (χ1v) is 6.21. The third-order valence-electron chi connectivity index (χ3n) is 2.00. The summed E-state index contributed by atoms with van der Waals surface area (Å²) in [5.74, 6) is -3.52. The SMILES string of the molecule is CCC(=O)CS(=O)(=O)c1ccc(F)c(F)c1. The molecule has 16 heavy (non-hydrogen) atoms. The third kappa shape index (κ3) is 2.85. The molecule has 1 rings (SSSR count). The largest absolute Gasteiger partial charge is 0.299 e. The van der Waals surface area contributed by atoms with E-state index in [0.29, 0.717) is 6.07 Å². The lowest BCUT2D eigenvalue weighted by molar-refractivity contribution is -0.116. The number of halogens is 2. The number of benzene rings is 1. The highest BCUT2D eigenvalue weighted by Crippen LogP contribution is 2.15. The van der Waals surface area contributed by atoms with E-state index in [1.807, 2.05) is 0 Å². The number of carbonyl (C=O) groups excluding carboxylic acids is 1. The van der Waals surface area contributed by atoms with Crippen molar-refractivity contribution < 1.29 is 22.0 Å². The molecule has 0 fully saturated rings. The average molecular weight is 248 g/mol. The summed E-state index contributed by atoms with van der Waals surface area (Å²) in [4.78, 5) is 10.6. The predicted octanol–water partition coefficient (Wildman–Crippen LogP) is 1.72. The molecule has 0 saturated carbocycles. The normalized spacial score (nSPS) is 11.4. The molecule has 1 aromatic carbocycles. The summed E-state index contributed by atoms with van der Waals surface area (Å²) in [6.45, 7) is 1.53. The van der Waals surface area contributed by atoms with Crippen molar-refractivity contribution in [3.8, 4) is 0 Å². The second kappa shape index (κ2) is 4.69. The van der Waals surface area contributed by atoms with Crippen molar-refractivity contribution in [3.05, 3.63) is 29.8 Å². The number of hydrogen-bond donors (Lipinski definition) is 0. The van der Waals surface area contributed by atoms with Crippen molar-refractivity contribution in [1.82, 2.24) is 0 Å². The van der Waals surface area contributed by atoms with Gasteiger partial charge < -0.3 is 0 Å². The van der Waals surface area contributed by atoms with Crippen LogP contribution >= 0.6 is 0 Å². The first-order valence-electron chi connectivity index (χ1n) is 4.56. The van der Waals surface area contributed by atoms with Gasteiger partial charge in [0.15, 0.2) is 21.5 Å². The summed E-state index contributed by atoms with van der Waals surface area (Å²) in [6.07, 6.45) is 0.0862. The topological polar surface area (TPSA) is 51.2 Å². The summed E-state index contributed by atoms with van der Waals surface area (Å²) >= 11 is 0. The highest BCUT2D eigenvalue weighted by atomic mass is 32.2. The van der Waals surface area contributed by atoms with Gasteiger partial charge in [0, 0.05) is 6.42 Å². The van der Waals surface area contributed by atoms with E-state index in [9.17, 15) is 22.0 Å². The smallest absolute Gasteiger partial charge is 0.185 e. The number of carbonyl (C=O) groups is 1. The van der Waals surface area contributed by atoms with Crippen LogP contribution in [-0.2, 0) is 14.6 Å². The lowest BCUT2D eigenvalue weighted by atomic mass is 10.3. The Morgan fingerprint density at radius 3 is 2.38 bits per heavy atom. The van der Waals surface area contributed by atoms with Gasteiger partial charge in [0.25, 0.3) is 0 Å². The average Bonchev–Trinajstić information content (AvgIpc) is 2.21. The summed E-state index contributed by atoms with van der Waals surface area (Å²) in [5.41, 5.74) is 0. The first kappa shape index (κ1) is 12.8. The van der Waals surface area contributed by atoms with Gasteiger partial charge in [-0.2, -0.15) is 0 Å². The Morgan fingerprint density at radius 1 is 1.25 bits per heavy atom. The van der Waals surface area contributed by atoms with Gasteiger partial charge in [0.1, 0.15) is 11.5 Å². The fraction of sp³-hybridized carbons (Fsp3) is 0.300. The van der Waals surface area contributed by atoms with E-state index in [0.717, 1.165) is 12.1 Å². The summed E-state index contributed by atoms with van der Waals surface area (Å²) in [5, 5.41) is 0. The molecule has 0 unspecified atom stereocenters. The molecule has 3 nitrogen and oxygen atoms in total. The zero-order chi connectivity index (χ0) is 12.3. The van der Waals surface area contributed by atoms with Crippen molar-refractivity contribution >= 4 is 15.6 Å². The van der Waals surface area contributed by atoms with Crippen molar-refractivity contribution in [1.29, 1.82) is 0 Å². The summed E-state index contributed by atoms with van der Waals surface area (Å²) < 4.78 is 48.5. The maximum Gasteiger partial charge on any atom is 0.185 e. The molecule has 0 aliphatic rings. The Hall–Kier alpha value is -1.30. The van der Waals surface area contributed by atoms with Crippen molar-refractivity contribution in [3.63, 3.8) is 0 Å². The zero-order valence-electron chi connectivity index (χ0n) is 8.54. The monoisotopic (exact) mass is 248 g/mol. The molecule has 0 saturated heterocycles. The molecule has 0 atom stereocenters. The molecule has 0 amide bonds. The predicted molar refractivity (Wildman–Crippen MR) is 53.7 cm³/mol. The molecule has 0 aliphatic heterocycles. The van der Waals surface area contributed by atoms with Gasteiger partial charge >= 0.3 is 0 Å². The van der Waals surface area contributed by atoms with Crippen LogP contribution in [0.2, 0.25) is 0 Å². The van der Waals surface area contributed by atoms with E-state index in [1.165, 1.54) is 6.92 Å². The van der Waals surface area contributed by atoms with Gasteiger partial charge in [-0.15, -0.1) is 0 Å². The Balaban J connectivity index is 3.08. The first-order chi connectivity index (χ1) is 7.36. The minimum atomic E-state index is -3.87.